The number of aromatic amines is 2. The molecule has 0 aliphatic heterocycles. The van der Waals surface area contributed by atoms with Crippen LogP contribution in [0.25, 0.3) is 11.0 Å². The van der Waals surface area contributed by atoms with Gasteiger partial charge in [0.2, 0.25) is 0 Å². The number of carbonyl (C=O) groups is 1. The Labute approximate surface area is 115 Å². The SMILES string of the molecule is O=C(CSc1[nH]c2ccccc2[nH+]1)c1ccccc1. The molecule has 19 heavy (non-hydrogen) atoms. The molecule has 0 atom stereocenters. The zero-order chi connectivity index (χ0) is 13.1. The Morgan fingerprint density at radius 3 is 2.58 bits per heavy atom. The first kappa shape index (κ1) is 12.0. The fourth-order valence-electron chi connectivity index (χ4n) is 1.89. The maximum absolute atomic E-state index is 12.0. The highest BCUT2D eigenvalue weighted by Crippen LogP contribution is 2.16. The highest BCUT2D eigenvalue weighted by atomic mass is 32.2. The molecule has 0 aliphatic carbocycles. The van der Waals surface area contributed by atoms with E-state index in [4.69, 9.17) is 0 Å². The standard InChI is InChI=1S/C15H12N2OS/c18-14(11-6-2-1-3-7-11)10-19-15-16-12-8-4-5-9-13(12)17-15/h1-9H,10H2,(H,16,17)/p+1. The first-order valence-corrected chi connectivity index (χ1v) is 7.02. The van der Waals surface area contributed by atoms with Gasteiger partial charge in [0, 0.05) is 5.56 Å². The van der Waals surface area contributed by atoms with E-state index in [1.54, 1.807) is 0 Å². The van der Waals surface area contributed by atoms with E-state index in [0.29, 0.717) is 5.75 Å². The van der Waals surface area contributed by atoms with E-state index in [-0.39, 0.29) is 5.78 Å². The van der Waals surface area contributed by atoms with Crippen LogP contribution in [0.1, 0.15) is 10.4 Å². The Bertz CT molecular complexity index is 673. The Balaban J connectivity index is 1.71. The Morgan fingerprint density at radius 2 is 1.79 bits per heavy atom. The Kier molecular flexibility index (Phi) is 3.33. The van der Waals surface area contributed by atoms with Crippen molar-refractivity contribution in [3.05, 3.63) is 60.2 Å². The molecule has 0 aliphatic rings. The van der Waals surface area contributed by atoms with Crippen molar-refractivity contribution in [2.24, 2.45) is 0 Å². The molecule has 0 fully saturated rings. The lowest BCUT2D eigenvalue weighted by Gasteiger charge is -1.96. The molecule has 94 valence electrons. The lowest BCUT2D eigenvalue weighted by atomic mass is 10.2. The molecule has 0 spiro atoms. The second-order valence-electron chi connectivity index (χ2n) is 4.20. The first-order chi connectivity index (χ1) is 9.33. The molecule has 0 bridgehead atoms. The van der Waals surface area contributed by atoms with E-state index in [1.165, 1.54) is 11.8 Å². The highest BCUT2D eigenvalue weighted by molar-refractivity contribution is 7.99. The van der Waals surface area contributed by atoms with Crippen molar-refractivity contribution >= 4 is 28.6 Å². The smallest absolute Gasteiger partial charge is 0.293 e. The second kappa shape index (κ2) is 5.28. The van der Waals surface area contributed by atoms with Crippen molar-refractivity contribution in [1.29, 1.82) is 0 Å². The summed E-state index contributed by atoms with van der Waals surface area (Å²) in [4.78, 5) is 18.5. The third kappa shape index (κ3) is 2.69. The van der Waals surface area contributed by atoms with Crippen molar-refractivity contribution in [2.75, 3.05) is 5.75 Å². The number of para-hydroxylation sites is 2. The number of rotatable bonds is 4. The molecule has 3 aromatic rings. The minimum atomic E-state index is 0.137. The quantitative estimate of drug-likeness (QED) is 0.584. The van der Waals surface area contributed by atoms with Gasteiger partial charge in [-0.2, -0.15) is 0 Å². The van der Waals surface area contributed by atoms with Gasteiger partial charge in [0.15, 0.2) is 16.8 Å². The summed E-state index contributed by atoms with van der Waals surface area (Å²) in [5.41, 5.74) is 2.86. The molecule has 3 rings (SSSR count). The van der Waals surface area contributed by atoms with Crippen molar-refractivity contribution in [3.8, 4) is 0 Å². The van der Waals surface area contributed by atoms with E-state index in [9.17, 15) is 4.79 Å². The normalized spacial score (nSPS) is 10.7. The van der Waals surface area contributed by atoms with E-state index < -0.39 is 0 Å². The van der Waals surface area contributed by atoms with Gasteiger partial charge in [-0.3, -0.25) is 4.79 Å². The van der Waals surface area contributed by atoms with E-state index in [0.717, 1.165) is 21.8 Å². The van der Waals surface area contributed by atoms with Crippen molar-refractivity contribution in [2.45, 2.75) is 5.16 Å². The maximum Gasteiger partial charge on any atom is 0.314 e. The van der Waals surface area contributed by atoms with Gasteiger partial charge < -0.3 is 0 Å². The molecule has 0 amide bonds. The maximum atomic E-state index is 12.0. The minimum Gasteiger partial charge on any atom is -0.293 e. The summed E-state index contributed by atoms with van der Waals surface area (Å²) in [5, 5.41) is 0.908. The molecule has 2 aromatic carbocycles. The average Bonchev–Trinajstić information content (AvgIpc) is 2.88. The Morgan fingerprint density at radius 1 is 1.05 bits per heavy atom. The summed E-state index contributed by atoms with van der Waals surface area (Å²) in [6.45, 7) is 0. The molecule has 1 aromatic heterocycles. The predicted molar refractivity (Wildman–Crippen MR) is 76.4 cm³/mol. The monoisotopic (exact) mass is 269 g/mol. The topological polar surface area (TPSA) is 47.0 Å². The number of ketones is 1. The van der Waals surface area contributed by atoms with Gasteiger partial charge in [-0.25, -0.2) is 9.97 Å². The summed E-state index contributed by atoms with van der Waals surface area (Å²) < 4.78 is 0. The molecule has 0 saturated heterocycles. The van der Waals surface area contributed by atoms with Crippen LogP contribution in [0.2, 0.25) is 0 Å². The second-order valence-corrected chi connectivity index (χ2v) is 5.19. The molecule has 2 N–H and O–H groups in total. The van der Waals surface area contributed by atoms with Crippen LogP contribution in [-0.2, 0) is 0 Å². The summed E-state index contributed by atoms with van der Waals surface area (Å²) in [6, 6.07) is 17.3. The lowest BCUT2D eigenvalue weighted by molar-refractivity contribution is -0.396. The van der Waals surface area contributed by atoms with Gasteiger partial charge in [0.25, 0.3) is 0 Å². The third-order valence-electron chi connectivity index (χ3n) is 2.87. The number of H-pyrrole nitrogens is 2. The summed E-state index contributed by atoms with van der Waals surface area (Å²) in [5.74, 6) is 0.561. The van der Waals surface area contributed by atoms with Gasteiger partial charge in [-0.15, -0.1) is 0 Å². The fraction of sp³-hybridized carbons (Fsp3) is 0.0667. The van der Waals surface area contributed by atoms with Gasteiger partial charge in [0.05, 0.1) is 5.75 Å². The van der Waals surface area contributed by atoms with E-state index in [1.807, 2.05) is 54.6 Å². The van der Waals surface area contributed by atoms with Gasteiger partial charge in [-0.1, -0.05) is 42.5 Å². The molecule has 1 heterocycles. The zero-order valence-electron chi connectivity index (χ0n) is 10.2. The number of hydrogen-bond acceptors (Lipinski definition) is 2. The average molecular weight is 269 g/mol. The van der Waals surface area contributed by atoms with Gasteiger partial charge in [0.1, 0.15) is 0 Å². The molecule has 3 nitrogen and oxygen atoms in total. The Hall–Kier alpha value is -2.07. The van der Waals surface area contributed by atoms with Crippen LogP contribution < -0.4 is 4.98 Å². The number of aromatic nitrogens is 2. The molecular weight excluding hydrogens is 256 g/mol. The summed E-state index contributed by atoms with van der Waals surface area (Å²) in [7, 11) is 0. The molecule has 4 heteroatoms. The number of fused-ring (bicyclic) bond motifs is 1. The summed E-state index contributed by atoms with van der Waals surface area (Å²) in [6.07, 6.45) is 0. The fourth-order valence-corrected chi connectivity index (χ4v) is 2.70. The summed E-state index contributed by atoms with van der Waals surface area (Å²) >= 11 is 1.49. The minimum absolute atomic E-state index is 0.137. The number of benzene rings is 2. The van der Waals surface area contributed by atoms with Crippen molar-refractivity contribution in [3.63, 3.8) is 0 Å². The van der Waals surface area contributed by atoms with Crippen LogP contribution in [0.3, 0.4) is 0 Å². The van der Waals surface area contributed by atoms with Crippen LogP contribution in [0, 0.1) is 0 Å². The molecule has 0 unspecified atom stereocenters. The number of Topliss-reactive ketones (excluding diaryl/α,β-unsaturated/α-hetero) is 1. The van der Waals surface area contributed by atoms with Gasteiger partial charge in [-0.05, 0) is 23.9 Å². The number of thioether (sulfide) groups is 1. The number of hydrogen-bond donors (Lipinski definition) is 1. The van der Waals surface area contributed by atoms with Crippen LogP contribution in [0.5, 0.6) is 0 Å². The third-order valence-corrected chi connectivity index (χ3v) is 3.77. The van der Waals surface area contributed by atoms with E-state index >= 15 is 0 Å². The number of carbonyl (C=O) groups excluding carboxylic acids is 1. The molecule has 0 radical (unpaired) electrons. The zero-order valence-corrected chi connectivity index (χ0v) is 11.0. The molecule has 0 saturated carbocycles. The molecular formula is C15H13N2OS+. The van der Waals surface area contributed by atoms with Gasteiger partial charge >= 0.3 is 5.16 Å². The lowest BCUT2D eigenvalue weighted by Crippen LogP contribution is -2.06. The first-order valence-electron chi connectivity index (χ1n) is 6.04. The predicted octanol–water partition coefficient (Wildman–Crippen LogP) is 2.96. The van der Waals surface area contributed by atoms with Crippen LogP contribution in [0.4, 0.5) is 0 Å². The largest absolute Gasteiger partial charge is 0.314 e. The number of nitrogens with one attached hydrogen (secondary N) is 2. The van der Waals surface area contributed by atoms with Crippen molar-refractivity contribution in [1.82, 2.24) is 4.98 Å². The van der Waals surface area contributed by atoms with Crippen LogP contribution in [-0.4, -0.2) is 16.5 Å². The highest BCUT2D eigenvalue weighted by Gasteiger charge is 2.12. The van der Waals surface area contributed by atoms with Crippen molar-refractivity contribution < 1.29 is 9.78 Å². The van der Waals surface area contributed by atoms with E-state index in [2.05, 4.69) is 9.97 Å². The number of imidazole rings is 1. The van der Waals surface area contributed by atoms with Crippen LogP contribution >= 0.6 is 11.8 Å². The van der Waals surface area contributed by atoms with Crippen LogP contribution in [0.15, 0.2) is 59.8 Å².